The van der Waals surface area contributed by atoms with Crippen LogP contribution in [0.25, 0.3) is 0 Å². The van der Waals surface area contributed by atoms with Crippen molar-refractivity contribution < 1.29 is 5.11 Å². The van der Waals surface area contributed by atoms with Crippen molar-refractivity contribution in [3.8, 4) is 5.75 Å². The predicted octanol–water partition coefficient (Wildman–Crippen LogP) is 3.83. The topological polar surface area (TPSA) is 26.7 Å². The normalized spacial score (nSPS) is 11.8. The van der Waals surface area contributed by atoms with Crippen LogP contribution in [0, 0.1) is 0 Å². The molecule has 22 heavy (non-hydrogen) atoms. The number of benzene rings is 1. The van der Waals surface area contributed by atoms with Gasteiger partial charge in [0, 0.05) is 32.0 Å². The van der Waals surface area contributed by atoms with Crippen LogP contribution < -0.4 is 0 Å². The van der Waals surface area contributed by atoms with E-state index in [1.807, 2.05) is 33.1 Å². The minimum absolute atomic E-state index is 0.0894. The fourth-order valence-electron chi connectivity index (χ4n) is 2.15. The molecule has 5 heteroatoms. The maximum absolute atomic E-state index is 10.6. The summed E-state index contributed by atoms with van der Waals surface area (Å²) in [5, 5.41) is 10.6. The first-order chi connectivity index (χ1) is 10.0. The van der Waals surface area contributed by atoms with Gasteiger partial charge in [-0.05, 0) is 36.7 Å². The van der Waals surface area contributed by atoms with Crippen LogP contribution in [-0.2, 0) is 17.7 Å². The van der Waals surface area contributed by atoms with E-state index in [4.69, 9.17) is 12.2 Å². The summed E-state index contributed by atoms with van der Waals surface area (Å²) >= 11 is 7.00. The number of rotatable bonds is 4. The Balaban J connectivity index is 3.14. The van der Waals surface area contributed by atoms with E-state index < -0.39 is 0 Å². The summed E-state index contributed by atoms with van der Waals surface area (Å²) in [5.74, 6) is 1.24. The molecule has 1 rings (SSSR count). The fourth-order valence-corrected chi connectivity index (χ4v) is 3.04. The van der Waals surface area contributed by atoms with Crippen molar-refractivity contribution in [2.75, 3.05) is 28.2 Å². The van der Waals surface area contributed by atoms with Crippen molar-refractivity contribution >= 4 is 28.3 Å². The molecule has 124 valence electrons. The lowest BCUT2D eigenvalue weighted by Crippen LogP contribution is -2.17. The van der Waals surface area contributed by atoms with E-state index in [0.717, 1.165) is 27.7 Å². The molecule has 0 radical (unpaired) electrons. The van der Waals surface area contributed by atoms with E-state index in [9.17, 15) is 5.11 Å². The number of thiocarbonyl (C=S) groups is 1. The Morgan fingerprint density at radius 2 is 1.77 bits per heavy atom. The Bertz CT molecular complexity index is 534. The molecule has 0 spiro atoms. The SMILES string of the molecule is CN(C)Cc1cc(CSC(=S)N(C)C)cc(C(C)(C)C)c1O. The highest BCUT2D eigenvalue weighted by Gasteiger charge is 2.21. The van der Waals surface area contributed by atoms with Crippen LogP contribution in [0.1, 0.15) is 37.5 Å². The third kappa shape index (κ3) is 5.45. The second kappa shape index (κ2) is 7.66. The molecule has 0 heterocycles. The van der Waals surface area contributed by atoms with Crippen LogP contribution in [-0.4, -0.2) is 47.4 Å². The Labute approximate surface area is 144 Å². The second-order valence-corrected chi connectivity index (χ2v) is 8.70. The molecule has 0 aliphatic heterocycles. The number of phenols is 1. The summed E-state index contributed by atoms with van der Waals surface area (Å²) in [5.41, 5.74) is 3.09. The minimum atomic E-state index is -0.0894. The van der Waals surface area contributed by atoms with Gasteiger partial charge in [-0.25, -0.2) is 0 Å². The number of hydrogen-bond acceptors (Lipinski definition) is 4. The van der Waals surface area contributed by atoms with E-state index in [-0.39, 0.29) is 5.41 Å². The molecular formula is C17H28N2OS2. The van der Waals surface area contributed by atoms with E-state index in [1.54, 1.807) is 11.8 Å². The van der Waals surface area contributed by atoms with Gasteiger partial charge in [-0.3, -0.25) is 0 Å². The molecule has 0 aliphatic rings. The highest BCUT2D eigenvalue weighted by Crippen LogP contribution is 2.35. The third-order valence-corrected chi connectivity index (χ3v) is 5.08. The molecular weight excluding hydrogens is 312 g/mol. The van der Waals surface area contributed by atoms with Crippen molar-refractivity contribution in [1.29, 1.82) is 0 Å². The summed E-state index contributed by atoms with van der Waals surface area (Å²) in [6.07, 6.45) is 0. The molecule has 1 aromatic rings. The Kier molecular flexibility index (Phi) is 6.71. The van der Waals surface area contributed by atoms with Gasteiger partial charge >= 0.3 is 0 Å². The molecule has 0 unspecified atom stereocenters. The standard InChI is InChI=1S/C17H28N2OS2/c1-17(2,3)14-9-12(11-22-16(21)19(6)7)8-13(15(14)20)10-18(4)5/h8-9,20H,10-11H2,1-7H3. The number of hydrogen-bond donors (Lipinski definition) is 1. The van der Waals surface area contributed by atoms with Crippen LogP contribution in [0.3, 0.4) is 0 Å². The summed E-state index contributed by atoms with van der Waals surface area (Å²) in [7, 11) is 7.95. The van der Waals surface area contributed by atoms with Crippen LogP contribution in [0.2, 0.25) is 0 Å². The minimum Gasteiger partial charge on any atom is -0.507 e. The first-order valence-electron chi connectivity index (χ1n) is 7.36. The Morgan fingerprint density at radius 3 is 2.23 bits per heavy atom. The summed E-state index contributed by atoms with van der Waals surface area (Å²) in [4.78, 5) is 4.02. The quantitative estimate of drug-likeness (QED) is 0.841. The largest absolute Gasteiger partial charge is 0.507 e. The molecule has 0 saturated heterocycles. The van der Waals surface area contributed by atoms with Gasteiger partial charge in [0.1, 0.15) is 10.1 Å². The fraction of sp³-hybridized carbons (Fsp3) is 0.588. The highest BCUT2D eigenvalue weighted by atomic mass is 32.2. The number of aromatic hydroxyl groups is 1. The van der Waals surface area contributed by atoms with Gasteiger partial charge in [-0.15, -0.1) is 0 Å². The van der Waals surface area contributed by atoms with Crippen molar-refractivity contribution in [2.24, 2.45) is 0 Å². The molecule has 1 N–H and O–H groups in total. The van der Waals surface area contributed by atoms with Gasteiger partial charge in [0.2, 0.25) is 0 Å². The van der Waals surface area contributed by atoms with Gasteiger partial charge in [0.25, 0.3) is 0 Å². The van der Waals surface area contributed by atoms with E-state index in [2.05, 4.69) is 37.8 Å². The molecule has 0 aliphatic carbocycles. The van der Waals surface area contributed by atoms with Crippen LogP contribution in [0.15, 0.2) is 12.1 Å². The van der Waals surface area contributed by atoms with Gasteiger partial charge in [0.15, 0.2) is 0 Å². The van der Waals surface area contributed by atoms with Crippen molar-refractivity contribution in [2.45, 2.75) is 38.5 Å². The predicted molar refractivity (Wildman–Crippen MR) is 102 cm³/mol. The number of thioether (sulfide) groups is 1. The highest BCUT2D eigenvalue weighted by molar-refractivity contribution is 8.22. The smallest absolute Gasteiger partial charge is 0.136 e. The van der Waals surface area contributed by atoms with Crippen molar-refractivity contribution in [3.63, 3.8) is 0 Å². The lowest BCUT2D eigenvalue weighted by Gasteiger charge is -2.24. The first kappa shape index (κ1) is 19.3. The molecule has 1 aromatic carbocycles. The molecule has 0 amide bonds. The number of nitrogens with zero attached hydrogens (tertiary/aromatic N) is 2. The van der Waals surface area contributed by atoms with E-state index in [1.165, 1.54) is 5.56 Å². The summed E-state index contributed by atoms with van der Waals surface area (Å²) in [6.45, 7) is 7.11. The summed E-state index contributed by atoms with van der Waals surface area (Å²) < 4.78 is 0.875. The maximum atomic E-state index is 10.6. The van der Waals surface area contributed by atoms with Crippen molar-refractivity contribution in [1.82, 2.24) is 9.80 Å². The monoisotopic (exact) mass is 340 g/mol. The van der Waals surface area contributed by atoms with Gasteiger partial charge in [0.05, 0.1) is 0 Å². The summed E-state index contributed by atoms with van der Waals surface area (Å²) in [6, 6.07) is 4.20. The zero-order chi connectivity index (χ0) is 17.1. The zero-order valence-corrected chi connectivity index (χ0v) is 16.4. The first-order valence-corrected chi connectivity index (χ1v) is 8.75. The van der Waals surface area contributed by atoms with Crippen LogP contribution in [0.5, 0.6) is 5.75 Å². The average Bonchev–Trinajstić information content (AvgIpc) is 2.36. The maximum Gasteiger partial charge on any atom is 0.136 e. The molecule has 0 fully saturated rings. The molecule has 0 aromatic heterocycles. The third-order valence-electron chi connectivity index (χ3n) is 3.27. The zero-order valence-electron chi connectivity index (χ0n) is 14.7. The lowest BCUT2D eigenvalue weighted by atomic mass is 9.84. The van der Waals surface area contributed by atoms with Gasteiger partial charge in [-0.1, -0.05) is 50.8 Å². The average molecular weight is 341 g/mol. The van der Waals surface area contributed by atoms with E-state index in [0.29, 0.717) is 5.75 Å². The lowest BCUT2D eigenvalue weighted by molar-refractivity contribution is 0.380. The second-order valence-electron chi connectivity index (χ2n) is 7.09. The van der Waals surface area contributed by atoms with Gasteiger partial charge in [-0.2, -0.15) is 0 Å². The molecule has 0 atom stereocenters. The molecule has 0 saturated carbocycles. The Morgan fingerprint density at radius 1 is 1.18 bits per heavy atom. The van der Waals surface area contributed by atoms with Crippen LogP contribution >= 0.6 is 24.0 Å². The number of phenolic OH excluding ortho intramolecular Hbond substituents is 1. The van der Waals surface area contributed by atoms with Gasteiger partial charge < -0.3 is 14.9 Å². The Hall–Kier alpha value is -0.780. The van der Waals surface area contributed by atoms with Crippen LogP contribution in [0.4, 0.5) is 0 Å². The van der Waals surface area contributed by atoms with E-state index >= 15 is 0 Å². The van der Waals surface area contributed by atoms with Crippen molar-refractivity contribution in [3.05, 3.63) is 28.8 Å². The molecule has 0 bridgehead atoms. The molecule has 3 nitrogen and oxygen atoms in total.